The minimum atomic E-state index is -0.455. The Morgan fingerprint density at radius 2 is 1.88 bits per heavy atom. The van der Waals surface area contributed by atoms with Crippen LogP contribution in [0.4, 0.5) is 5.69 Å². The van der Waals surface area contributed by atoms with E-state index in [-0.39, 0.29) is 5.57 Å². The zero-order valence-electron chi connectivity index (χ0n) is 13.5. The Bertz CT molecular complexity index is 846. The largest absolute Gasteiger partial charge is 0.321 e. The molecule has 120 valence electrons. The molecule has 4 heteroatoms. The molecule has 0 heterocycles. The van der Waals surface area contributed by atoms with Crippen LogP contribution in [0.25, 0.3) is 6.08 Å². The van der Waals surface area contributed by atoms with E-state index in [4.69, 9.17) is 11.6 Å². The number of hydrogen-bond donors (Lipinski definition) is 1. The standard InChI is InChI=1S/C20H17ClN2O/c1-14(11-16-7-4-3-5-8-16)12-17(13-22)20(24)23-19-10-6-9-18(21)15(19)2/h3-12H,1-2H3,(H,23,24)/b14-11+,17-12+. The van der Waals surface area contributed by atoms with Gasteiger partial charge in [-0.05, 0) is 48.8 Å². The number of anilines is 1. The van der Waals surface area contributed by atoms with Crippen molar-refractivity contribution in [3.8, 4) is 6.07 Å². The zero-order chi connectivity index (χ0) is 17.5. The normalized spacial score (nSPS) is 11.8. The van der Waals surface area contributed by atoms with E-state index in [9.17, 15) is 10.1 Å². The Kier molecular flexibility index (Phi) is 5.95. The van der Waals surface area contributed by atoms with Crippen molar-refractivity contribution in [1.82, 2.24) is 0 Å². The summed E-state index contributed by atoms with van der Waals surface area (Å²) in [5, 5.41) is 12.6. The fourth-order valence-electron chi connectivity index (χ4n) is 2.16. The number of carbonyl (C=O) groups is 1. The van der Waals surface area contributed by atoms with Crippen molar-refractivity contribution in [3.63, 3.8) is 0 Å². The van der Waals surface area contributed by atoms with Crippen molar-refractivity contribution in [2.45, 2.75) is 13.8 Å². The monoisotopic (exact) mass is 336 g/mol. The zero-order valence-corrected chi connectivity index (χ0v) is 14.3. The quantitative estimate of drug-likeness (QED) is 0.477. The van der Waals surface area contributed by atoms with Crippen molar-refractivity contribution in [2.75, 3.05) is 5.32 Å². The second-order valence-corrected chi connectivity index (χ2v) is 5.74. The molecule has 0 spiro atoms. The van der Waals surface area contributed by atoms with E-state index in [1.807, 2.05) is 56.3 Å². The van der Waals surface area contributed by atoms with Crippen LogP contribution in [0.2, 0.25) is 5.02 Å². The van der Waals surface area contributed by atoms with Gasteiger partial charge in [-0.1, -0.05) is 54.1 Å². The highest BCUT2D eigenvalue weighted by Gasteiger charge is 2.11. The van der Waals surface area contributed by atoms with Crippen molar-refractivity contribution in [3.05, 3.63) is 81.9 Å². The molecule has 0 saturated heterocycles. The summed E-state index contributed by atoms with van der Waals surface area (Å²) in [6, 6.07) is 16.9. The number of carbonyl (C=O) groups excluding carboxylic acids is 1. The third-order valence-electron chi connectivity index (χ3n) is 3.45. The van der Waals surface area contributed by atoms with Gasteiger partial charge in [-0.3, -0.25) is 4.79 Å². The van der Waals surface area contributed by atoms with Crippen LogP contribution in [0.5, 0.6) is 0 Å². The predicted octanol–water partition coefficient (Wildman–Crippen LogP) is 5.14. The summed E-state index contributed by atoms with van der Waals surface area (Å²) < 4.78 is 0. The molecule has 2 aromatic rings. The minimum absolute atomic E-state index is 0.0408. The van der Waals surface area contributed by atoms with Gasteiger partial charge >= 0.3 is 0 Å². The lowest BCUT2D eigenvalue weighted by Crippen LogP contribution is -2.14. The lowest BCUT2D eigenvalue weighted by Gasteiger charge is -2.09. The van der Waals surface area contributed by atoms with Gasteiger partial charge in [0.15, 0.2) is 0 Å². The molecule has 0 aliphatic heterocycles. The van der Waals surface area contributed by atoms with Crippen LogP contribution in [0, 0.1) is 18.3 Å². The molecular formula is C20H17ClN2O. The predicted molar refractivity (Wildman–Crippen MR) is 98.6 cm³/mol. The van der Waals surface area contributed by atoms with E-state index in [0.717, 1.165) is 16.7 Å². The molecule has 2 aromatic carbocycles. The van der Waals surface area contributed by atoms with Crippen LogP contribution in [-0.2, 0) is 4.79 Å². The van der Waals surface area contributed by atoms with Crippen molar-refractivity contribution < 1.29 is 4.79 Å². The molecule has 24 heavy (non-hydrogen) atoms. The number of nitrogens with zero attached hydrogens (tertiary/aromatic N) is 1. The smallest absolute Gasteiger partial charge is 0.266 e. The molecule has 0 radical (unpaired) electrons. The summed E-state index contributed by atoms with van der Waals surface area (Å²) in [5.41, 5.74) is 3.23. The molecule has 0 aliphatic carbocycles. The fourth-order valence-corrected chi connectivity index (χ4v) is 2.34. The average molecular weight is 337 g/mol. The number of hydrogen-bond acceptors (Lipinski definition) is 2. The number of nitriles is 1. The molecule has 0 fully saturated rings. The molecular weight excluding hydrogens is 320 g/mol. The molecule has 0 saturated carbocycles. The van der Waals surface area contributed by atoms with Gasteiger partial charge in [0.1, 0.15) is 11.6 Å². The molecule has 1 amide bonds. The van der Waals surface area contributed by atoms with E-state index < -0.39 is 5.91 Å². The summed E-state index contributed by atoms with van der Waals surface area (Å²) in [6.07, 6.45) is 3.48. The maximum atomic E-state index is 12.3. The van der Waals surface area contributed by atoms with E-state index >= 15 is 0 Å². The maximum Gasteiger partial charge on any atom is 0.266 e. The van der Waals surface area contributed by atoms with E-state index in [1.165, 1.54) is 0 Å². The van der Waals surface area contributed by atoms with E-state index in [2.05, 4.69) is 5.32 Å². The molecule has 1 N–H and O–H groups in total. The second kappa shape index (κ2) is 8.14. The summed E-state index contributed by atoms with van der Waals surface area (Å²) in [4.78, 5) is 12.3. The molecule has 3 nitrogen and oxygen atoms in total. The first-order chi connectivity index (χ1) is 11.5. The van der Waals surface area contributed by atoms with Crippen LogP contribution >= 0.6 is 11.6 Å². The van der Waals surface area contributed by atoms with Gasteiger partial charge in [0.05, 0.1) is 0 Å². The highest BCUT2D eigenvalue weighted by molar-refractivity contribution is 6.31. The summed E-state index contributed by atoms with van der Waals surface area (Å²) in [6.45, 7) is 3.66. The molecule has 2 rings (SSSR count). The summed E-state index contributed by atoms with van der Waals surface area (Å²) in [5.74, 6) is -0.455. The lowest BCUT2D eigenvalue weighted by molar-refractivity contribution is -0.112. The topological polar surface area (TPSA) is 52.9 Å². The highest BCUT2D eigenvalue weighted by atomic mass is 35.5. The van der Waals surface area contributed by atoms with Crippen LogP contribution in [0.3, 0.4) is 0 Å². The third kappa shape index (κ3) is 4.58. The van der Waals surface area contributed by atoms with Crippen molar-refractivity contribution in [1.29, 1.82) is 5.26 Å². The molecule has 0 bridgehead atoms. The number of halogens is 1. The van der Waals surface area contributed by atoms with Crippen molar-refractivity contribution in [2.24, 2.45) is 0 Å². The molecule has 0 atom stereocenters. The van der Waals surface area contributed by atoms with Gasteiger partial charge in [-0.15, -0.1) is 0 Å². The van der Waals surface area contributed by atoms with Crippen LogP contribution in [-0.4, -0.2) is 5.91 Å². The highest BCUT2D eigenvalue weighted by Crippen LogP contribution is 2.23. The van der Waals surface area contributed by atoms with Gasteiger partial charge in [-0.2, -0.15) is 5.26 Å². The maximum absolute atomic E-state index is 12.3. The lowest BCUT2D eigenvalue weighted by atomic mass is 10.1. The van der Waals surface area contributed by atoms with Crippen LogP contribution < -0.4 is 5.32 Å². The Labute approximate surface area is 146 Å². The number of nitrogens with one attached hydrogen (secondary N) is 1. The second-order valence-electron chi connectivity index (χ2n) is 5.34. The first kappa shape index (κ1) is 17.5. The van der Waals surface area contributed by atoms with Gasteiger partial charge in [0, 0.05) is 10.7 Å². The van der Waals surface area contributed by atoms with Crippen molar-refractivity contribution >= 4 is 29.3 Å². The Balaban J connectivity index is 2.21. The van der Waals surface area contributed by atoms with Gasteiger partial charge in [-0.25, -0.2) is 0 Å². The van der Waals surface area contributed by atoms with E-state index in [1.54, 1.807) is 24.3 Å². The van der Waals surface area contributed by atoms with Gasteiger partial charge < -0.3 is 5.32 Å². The van der Waals surface area contributed by atoms with E-state index in [0.29, 0.717) is 10.7 Å². The number of benzene rings is 2. The summed E-state index contributed by atoms with van der Waals surface area (Å²) in [7, 11) is 0. The Morgan fingerprint density at radius 1 is 1.17 bits per heavy atom. The average Bonchev–Trinajstić information content (AvgIpc) is 2.57. The molecule has 0 unspecified atom stereocenters. The first-order valence-electron chi connectivity index (χ1n) is 7.43. The SMILES string of the molecule is CC(=C\c1ccccc1)/C=C(\C#N)C(=O)Nc1cccc(Cl)c1C. The first-order valence-corrected chi connectivity index (χ1v) is 7.80. The third-order valence-corrected chi connectivity index (χ3v) is 3.86. The Hall–Kier alpha value is -2.83. The molecule has 0 aromatic heterocycles. The number of allylic oxidation sites excluding steroid dienone is 2. The fraction of sp³-hybridized carbons (Fsp3) is 0.100. The minimum Gasteiger partial charge on any atom is -0.321 e. The summed E-state index contributed by atoms with van der Waals surface area (Å²) >= 11 is 6.05. The van der Waals surface area contributed by atoms with Crippen LogP contribution in [0.15, 0.2) is 65.8 Å². The number of rotatable bonds is 4. The molecule has 0 aliphatic rings. The van der Waals surface area contributed by atoms with Gasteiger partial charge in [0.2, 0.25) is 0 Å². The number of amides is 1. The van der Waals surface area contributed by atoms with Crippen LogP contribution in [0.1, 0.15) is 18.1 Å². The Morgan fingerprint density at radius 3 is 2.54 bits per heavy atom. The van der Waals surface area contributed by atoms with Gasteiger partial charge in [0.25, 0.3) is 5.91 Å².